The second kappa shape index (κ2) is 10.4. The van der Waals surface area contributed by atoms with Gasteiger partial charge in [0.2, 0.25) is 0 Å². The van der Waals surface area contributed by atoms with Gasteiger partial charge in [-0.25, -0.2) is 0 Å². The first-order chi connectivity index (χ1) is 17.8. The highest BCUT2D eigenvalue weighted by molar-refractivity contribution is 7.10. The molecule has 0 spiro atoms. The Labute approximate surface area is 228 Å². The van der Waals surface area contributed by atoms with Gasteiger partial charge in [-0.3, -0.25) is 19.2 Å². The average Bonchev–Trinajstić information content (AvgIpc) is 3.31. The number of thiophene rings is 1. The van der Waals surface area contributed by atoms with E-state index >= 15 is 0 Å². The van der Waals surface area contributed by atoms with Crippen LogP contribution in [0.15, 0.2) is 40.8 Å². The summed E-state index contributed by atoms with van der Waals surface area (Å²) < 4.78 is 18.0. The van der Waals surface area contributed by atoms with Crippen LogP contribution in [0.4, 0.5) is 0 Å². The molecule has 7 nitrogen and oxygen atoms in total. The number of Topliss-reactive ketones (excluding diaryl/α,β-unsaturated/α-hetero) is 1. The topological polar surface area (TPSA) is 96.0 Å². The first-order valence-electron chi connectivity index (χ1n) is 13.2. The van der Waals surface area contributed by atoms with Gasteiger partial charge in [0.25, 0.3) is 0 Å². The molecule has 1 aromatic heterocycles. The molecule has 0 radical (unpaired) electrons. The molecule has 2 unspecified atom stereocenters. The summed E-state index contributed by atoms with van der Waals surface area (Å²) in [5.74, 6) is -2.00. The summed E-state index contributed by atoms with van der Waals surface area (Å²) in [6, 6.07) is 3.78. The smallest absolute Gasteiger partial charge is 0.311 e. The minimum Gasteiger partial charge on any atom is -0.462 e. The van der Waals surface area contributed by atoms with Crippen molar-refractivity contribution in [1.82, 2.24) is 0 Å². The lowest BCUT2D eigenvalue weighted by Crippen LogP contribution is -2.59. The lowest BCUT2D eigenvalue weighted by molar-refractivity contribution is -0.184. The lowest BCUT2D eigenvalue weighted by Gasteiger charge is -2.58. The Morgan fingerprint density at radius 1 is 1.08 bits per heavy atom. The van der Waals surface area contributed by atoms with Gasteiger partial charge in [0.05, 0.1) is 6.42 Å². The molecule has 6 atom stereocenters. The molecule has 1 heterocycles. The highest BCUT2D eigenvalue weighted by atomic mass is 32.1. The number of ether oxygens (including phenoxy) is 3. The van der Waals surface area contributed by atoms with Crippen molar-refractivity contribution in [2.24, 2.45) is 22.7 Å². The zero-order valence-electron chi connectivity index (χ0n) is 23.1. The molecule has 2 fully saturated rings. The fourth-order valence-corrected chi connectivity index (χ4v) is 7.73. The number of fused-ring (bicyclic) bond motifs is 3. The van der Waals surface area contributed by atoms with E-state index in [9.17, 15) is 19.2 Å². The molecule has 0 N–H and O–H groups in total. The highest BCUT2D eigenvalue weighted by Crippen LogP contribution is 2.60. The summed E-state index contributed by atoms with van der Waals surface area (Å²) in [5, 5.41) is 1.92. The van der Waals surface area contributed by atoms with E-state index in [-0.39, 0.29) is 30.5 Å². The Bertz CT molecular complexity index is 1180. The van der Waals surface area contributed by atoms with Crippen LogP contribution in [0.5, 0.6) is 0 Å². The van der Waals surface area contributed by atoms with Crippen LogP contribution >= 0.6 is 11.3 Å². The SMILES string of the molecule is C=C1C2[C@H](OC(C)=O)C3CC(=O)C(C)=C(C[C@@H](OC(C)=O)[C@]2(C)CC[C@@H]1OC(=O)Cc1cccs1)C3(C)C. The van der Waals surface area contributed by atoms with Crippen molar-refractivity contribution in [2.45, 2.75) is 92.0 Å². The maximum Gasteiger partial charge on any atom is 0.311 e. The van der Waals surface area contributed by atoms with Crippen LogP contribution in [-0.4, -0.2) is 42.0 Å². The Morgan fingerprint density at radius 3 is 2.37 bits per heavy atom. The number of esters is 3. The fourth-order valence-electron chi connectivity index (χ4n) is 7.04. The third kappa shape index (κ3) is 5.12. The predicted molar refractivity (Wildman–Crippen MR) is 143 cm³/mol. The second-order valence-electron chi connectivity index (χ2n) is 11.8. The largest absolute Gasteiger partial charge is 0.462 e. The average molecular weight is 543 g/mol. The van der Waals surface area contributed by atoms with Crippen LogP contribution < -0.4 is 0 Å². The van der Waals surface area contributed by atoms with Gasteiger partial charge in [-0.2, -0.15) is 0 Å². The standard InChI is InChI=1S/C30H38O7S/c1-16-21-15-25(35-18(3)31)30(7)11-10-24(37-26(34)13-20-9-8-12-38-20)17(2)27(30)28(36-19(4)32)22(14-23(16)33)29(21,5)6/h8-9,12,22,24-25,27-28H,2,10-11,13-15H2,1,3-7H3/t22?,24-,25+,27?,28+,30-/m0/s1. The summed E-state index contributed by atoms with van der Waals surface area (Å²) in [5.41, 5.74) is 1.12. The number of allylic oxidation sites excluding steroid dienone is 1. The van der Waals surface area contributed by atoms with E-state index in [1.54, 1.807) is 0 Å². The van der Waals surface area contributed by atoms with Crippen LogP contribution in [0.1, 0.15) is 72.1 Å². The first-order valence-corrected chi connectivity index (χ1v) is 14.1. The maximum absolute atomic E-state index is 13.2. The summed E-state index contributed by atoms with van der Waals surface area (Å²) >= 11 is 1.49. The van der Waals surface area contributed by atoms with Crippen LogP contribution in [-0.2, 0) is 39.8 Å². The van der Waals surface area contributed by atoms with Gasteiger partial charge in [0.1, 0.15) is 18.3 Å². The Morgan fingerprint density at radius 2 is 1.76 bits per heavy atom. The molecule has 2 saturated carbocycles. The van der Waals surface area contributed by atoms with E-state index in [4.69, 9.17) is 14.2 Å². The number of hydrogen-bond donors (Lipinski definition) is 0. The van der Waals surface area contributed by atoms with E-state index in [0.29, 0.717) is 30.4 Å². The monoisotopic (exact) mass is 542 g/mol. The molecule has 8 heteroatoms. The molecule has 1 aromatic rings. The number of carbonyl (C=O) groups excluding carboxylic acids is 4. The number of ketones is 1. The van der Waals surface area contributed by atoms with E-state index in [1.165, 1.54) is 25.2 Å². The van der Waals surface area contributed by atoms with E-state index < -0.39 is 47.0 Å². The van der Waals surface area contributed by atoms with Crippen molar-refractivity contribution in [2.75, 3.05) is 0 Å². The lowest BCUT2D eigenvalue weighted by atomic mass is 9.50. The Kier molecular flexibility index (Phi) is 7.77. The normalized spacial score (nSPS) is 32.5. The van der Waals surface area contributed by atoms with E-state index in [0.717, 1.165) is 10.5 Å². The van der Waals surface area contributed by atoms with Gasteiger partial charge in [0, 0.05) is 48.8 Å². The van der Waals surface area contributed by atoms with Gasteiger partial charge in [-0.1, -0.05) is 39.0 Å². The van der Waals surface area contributed by atoms with Crippen LogP contribution in [0.3, 0.4) is 0 Å². The fraction of sp³-hybridized carbons (Fsp3) is 0.600. The van der Waals surface area contributed by atoms with Crippen molar-refractivity contribution in [1.29, 1.82) is 0 Å². The van der Waals surface area contributed by atoms with Crippen molar-refractivity contribution < 1.29 is 33.4 Å². The van der Waals surface area contributed by atoms with Gasteiger partial charge in [0.15, 0.2) is 5.78 Å². The van der Waals surface area contributed by atoms with Gasteiger partial charge in [-0.15, -0.1) is 11.3 Å². The molecule has 0 aromatic carbocycles. The summed E-state index contributed by atoms with van der Waals surface area (Å²) in [7, 11) is 0. The van der Waals surface area contributed by atoms with Crippen molar-refractivity contribution in [3.63, 3.8) is 0 Å². The molecule has 3 aliphatic rings. The van der Waals surface area contributed by atoms with Crippen LogP contribution in [0.2, 0.25) is 0 Å². The van der Waals surface area contributed by atoms with Gasteiger partial charge >= 0.3 is 17.9 Å². The van der Waals surface area contributed by atoms with Crippen molar-refractivity contribution in [3.05, 3.63) is 45.7 Å². The molecule has 3 aliphatic carbocycles. The number of carbonyl (C=O) groups is 4. The summed E-state index contributed by atoms with van der Waals surface area (Å²) in [6.45, 7) is 15.2. The number of hydrogen-bond acceptors (Lipinski definition) is 8. The van der Waals surface area contributed by atoms with E-state index in [1.807, 2.05) is 31.4 Å². The van der Waals surface area contributed by atoms with Crippen molar-refractivity contribution >= 4 is 35.0 Å². The summed E-state index contributed by atoms with van der Waals surface area (Å²) in [6.07, 6.45) is 0.0503. The van der Waals surface area contributed by atoms with Crippen LogP contribution in [0, 0.1) is 22.7 Å². The predicted octanol–water partition coefficient (Wildman–Crippen LogP) is 5.37. The zero-order chi connectivity index (χ0) is 28.0. The maximum atomic E-state index is 13.2. The minimum atomic E-state index is -0.704. The van der Waals surface area contributed by atoms with E-state index in [2.05, 4.69) is 20.4 Å². The molecule has 0 saturated heterocycles. The molecule has 0 amide bonds. The van der Waals surface area contributed by atoms with Crippen LogP contribution in [0.25, 0.3) is 0 Å². The van der Waals surface area contributed by atoms with Crippen molar-refractivity contribution in [3.8, 4) is 0 Å². The molecule has 4 rings (SSSR count). The number of rotatable bonds is 5. The Hall–Kier alpha value is -2.74. The molecular weight excluding hydrogens is 504 g/mol. The summed E-state index contributed by atoms with van der Waals surface area (Å²) in [4.78, 5) is 51.8. The second-order valence-corrected chi connectivity index (χ2v) is 12.8. The van der Waals surface area contributed by atoms with Gasteiger partial charge < -0.3 is 14.2 Å². The first kappa shape index (κ1) is 28.3. The molecule has 2 bridgehead atoms. The molecule has 0 aliphatic heterocycles. The third-order valence-electron chi connectivity index (χ3n) is 9.08. The highest BCUT2D eigenvalue weighted by Gasteiger charge is 2.60. The minimum absolute atomic E-state index is 0.00648. The molecular formula is C30H38O7S. The quantitative estimate of drug-likeness (QED) is 0.280. The van der Waals surface area contributed by atoms with Gasteiger partial charge in [-0.05, 0) is 47.8 Å². The zero-order valence-corrected chi connectivity index (χ0v) is 23.9. The Balaban J connectivity index is 1.79. The molecule has 38 heavy (non-hydrogen) atoms. The third-order valence-corrected chi connectivity index (χ3v) is 9.96. The molecule has 206 valence electrons.